The highest BCUT2D eigenvalue weighted by Gasteiger charge is 2.49. The predicted molar refractivity (Wildman–Crippen MR) is 488 cm³/mol. The fourth-order valence-electron chi connectivity index (χ4n) is 22.7. The first-order valence-corrected chi connectivity index (χ1v) is 46.9. The van der Waals surface area contributed by atoms with Gasteiger partial charge in [0.1, 0.15) is 12.7 Å². The molecule has 9 rings (SSSR count). The molecule has 0 aliphatic carbocycles. The van der Waals surface area contributed by atoms with Gasteiger partial charge in [-0.15, -0.1) is 0 Å². The van der Waals surface area contributed by atoms with Crippen LogP contribution in [0.1, 0.15) is 381 Å². The Morgan fingerprint density at radius 3 is 0.641 bits per heavy atom. The molecule has 1 unspecified atom stereocenters. The molecule has 668 valence electrons. The number of unbranched alkanes of at least 4 members (excludes halogenated alkanes) is 7. The zero-order valence-corrected chi connectivity index (χ0v) is 80.2. The van der Waals surface area contributed by atoms with Crippen LogP contribution in [0.25, 0.3) is 0 Å². The first-order chi connectivity index (χ1) is 54.4. The molecule has 24 heteroatoms. The van der Waals surface area contributed by atoms with Crippen molar-refractivity contribution in [3.8, 4) is 18.0 Å². The molecule has 6 N–H and O–H groups in total. The van der Waals surface area contributed by atoms with E-state index in [1.165, 1.54) is 0 Å². The quantitative estimate of drug-likeness (QED) is 0.0290. The zero-order valence-electron chi connectivity index (χ0n) is 80.2. The van der Waals surface area contributed by atoms with Crippen LogP contribution in [0.4, 0.5) is 35.7 Å². The zero-order chi connectivity index (χ0) is 86.2. The molecule has 1 atom stereocenters. The van der Waals surface area contributed by atoms with E-state index in [9.17, 15) is 0 Å². The first-order valence-electron chi connectivity index (χ1n) is 46.9. The molecule has 3 aromatic rings. The average Bonchev–Trinajstić information content (AvgIpc) is 0.777. The van der Waals surface area contributed by atoms with Gasteiger partial charge in [-0.3, -0.25) is 0 Å². The van der Waals surface area contributed by atoms with Gasteiger partial charge in [-0.2, -0.15) is 44.9 Å². The van der Waals surface area contributed by atoms with Gasteiger partial charge in [0.2, 0.25) is 35.7 Å². The number of nitrogens with one attached hydrogen (secondary N) is 6. The van der Waals surface area contributed by atoms with Crippen molar-refractivity contribution in [3.05, 3.63) is 0 Å². The third-order valence-electron chi connectivity index (χ3n) is 25.3. The third kappa shape index (κ3) is 28.3. The fourth-order valence-corrected chi connectivity index (χ4v) is 22.7. The molecule has 0 bridgehead atoms. The molecule has 0 spiro atoms. The van der Waals surface area contributed by atoms with Crippen LogP contribution in [-0.4, -0.2) is 206 Å². The molecule has 6 aliphatic heterocycles. The van der Waals surface area contributed by atoms with Crippen LogP contribution in [-0.2, 0) is 0 Å². The predicted octanol–water partition coefficient (Wildman–Crippen LogP) is 17.8. The second-order valence-corrected chi connectivity index (χ2v) is 45.1. The van der Waals surface area contributed by atoms with Crippen molar-refractivity contribution < 1.29 is 14.2 Å². The average molecular weight is 1630 g/mol. The molecular weight excluding hydrogens is 1460 g/mol. The molecule has 9 heterocycles. The Morgan fingerprint density at radius 1 is 0.256 bits per heavy atom. The van der Waals surface area contributed by atoms with Crippen molar-refractivity contribution in [1.82, 2.24) is 76.8 Å². The molecule has 3 aromatic heterocycles. The van der Waals surface area contributed by atoms with Crippen LogP contribution in [0.2, 0.25) is 0 Å². The molecule has 0 radical (unpaired) electrons. The van der Waals surface area contributed by atoms with Gasteiger partial charge < -0.3 is 75.5 Å². The SMILES string of the molecule is CCCCN(c1nc(OCCCCC(COc2nc(N(CCCC)C3CC(C)(C)NC(C)(C)C3)nc(N(CCCC)C3CC(C)(C)NC(C)(C)C3)n2)Oc2nc(N(CCCC)C3CC(C)(C)NC(C)(C)C3)nc(N(CCCC)C3CC(C)(C)NC(C)(C)C3)n2)nc(N(CCCC)C2CC(C)(C)NC(C)(C)C2)n1)C1CC(C)(C)NC(C)(C)C1. The van der Waals surface area contributed by atoms with Crippen LogP contribution >= 0.6 is 0 Å². The van der Waals surface area contributed by atoms with Crippen LogP contribution in [0.5, 0.6) is 18.0 Å². The lowest BCUT2D eigenvalue weighted by atomic mass is 9.79. The summed E-state index contributed by atoms with van der Waals surface area (Å²) >= 11 is 0. The Kier molecular flexibility index (Phi) is 31.8. The lowest BCUT2D eigenvalue weighted by Gasteiger charge is -2.50. The summed E-state index contributed by atoms with van der Waals surface area (Å²) in [5, 5.41) is 23.9. The summed E-state index contributed by atoms with van der Waals surface area (Å²) in [4.78, 5) is 65.3. The van der Waals surface area contributed by atoms with Crippen molar-refractivity contribution in [2.24, 2.45) is 0 Å². The van der Waals surface area contributed by atoms with Gasteiger partial charge in [0.15, 0.2) is 0 Å². The van der Waals surface area contributed by atoms with E-state index in [-0.39, 0.29) is 109 Å². The van der Waals surface area contributed by atoms with Crippen molar-refractivity contribution >= 4 is 35.7 Å². The number of ether oxygens (including phenoxy) is 3. The molecule has 0 amide bonds. The minimum atomic E-state index is -0.575. The van der Waals surface area contributed by atoms with Gasteiger partial charge in [-0.25, -0.2) is 0 Å². The maximum atomic E-state index is 7.63. The Labute approximate surface area is 712 Å². The summed E-state index contributed by atoms with van der Waals surface area (Å²) in [5.74, 6) is 4.09. The molecule has 6 saturated heterocycles. The molecule has 117 heavy (non-hydrogen) atoms. The van der Waals surface area contributed by atoms with E-state index >= 15 is 0 Å². The highest BCUT2D eigenvalue weighted by molar-refractivity contribution is 5.47. The lowest BCUT2D eigenvalue weighted by molar-refractivity contribution is 0.101. The maximum absolute atomic E-state index is 7.63. The molecule has 6 fully saturated rings. The highest BCUT2D eigenvalue weighted by atomic mass is 16.5. The number of rotatable bonds is 41. The van der Waals surface area contributed by atoms with Gasteiger partial charge in [-0.05, 0) is 301 Å². The molecule has 0 saturated carbocycles. The number of hydrogen-bond donors (Lipinski definition) is 6. The van der Waals surface area contributed by atoms with Crippen LogP contribution in [0.15, 0.2) is 0 Å². The van der Waals surface area contributed by atoms with Gasteiger partial charge in [0.05, 0.1) is 6.61 Å². The van der Waals surface area contributed by atoms with E-state index in [1.54, 1.807) is 0 Å². The third-order valence-corrected chi connectivity index (χ3v) is 25.3. The highest BCUT2D eigenvalue weighted by Crippen LogP contribution is 2.43. The number of piperidine rings is 6. The van der Waals surface area contributed by atoms with Crippen LogP contribution in [0, 0.1) is 0 Å². The summed E-state index contributed by atoms with van der Waals surface area (Å²) < 4.78 is 22.1. The van der Waals surface area contributed by atoms with Gasteiger partial charge in [-0.1, -0.05) is 80.1 Å². The Morgan fingerprint density at radius 2 is 0.444 bits per heavy atom. The Bertz CT molecular complexity index is 3290. The number of aromatic nitrogens is 9. The van der Waals surface area contributed by atoms with E-state index < -0.39 is 6.10 Å². The topological polar surface area (TPSA) is 235 Å². The maximum Gasteiger partial charge on any atom is 0.323 e. The number of hydrogen-bond acceptors (Lipinski definition) is 24. The summed E-state index contributed by atoms with van der Waals surface area (Å²) in [6.45, 7) is 75.4. The van der Waals surface area contributed by atoms with Crippen molar-refractivity contribution in [1.29, 1.82) is 0 Å². The van der Waals surface area contributed by atoms with E-state index in [0.717, 1.165) is 193 Å². The van der Waals surface area contributed by atoms with Crippen molar-refractivity contribution in [2.75, 3.05) is 81.9 Å². The Balaban J connectivity index is 1.18. The second-order valence-electron chi connectivity index (χ2n) is 45.1. The second kappa shape index (κ2) is 38.8. The number of anilines is 6. The van der Waals surface area contributed by atoms with E-state index in [0.29, 0.717) is 79.6 Å². The smallest absolute Gasteiger partial charge is 0.323 e. The van der Waals surface area contributed by atoms with Crippen LogP contribution < -0.4 is 75.5 Å². The van der Waals surface area contributed by atoms with Gasteiger partial charge in [0.25, 0.3) is 0 Å². The molecular formula is C93H173N21O3. The van der Waals surface area contributed by atoms with Gasteiger partial charge >= 0.3 is 18.0 Å². The Hall–Kier alpha value is -5.01. The summed E-state index contributed by atoms with van der Waals surface area (Å²) in [7, 11) is 0. The lowest BCUT2D eigenvalue weighted by Crippen LogP contribution is -2.63. The fraction of sp³-hybridized carbons (Fsp3) is 0.903. The molecule has 0 aromatic carbocycles. The van der Waals surface area contributed by atoms with E-state index in [2.05, 4.69) is 269 Å². The monoisotopic (exact) mass is 1630 g/mol. The minimum Gasteiger partial charge on any atom is -0.463 e. The van der Waals surface area contributed by atoms with Gasteiger partial charge in [0, 0.05) is 142 Å². The van der Waals surface area contributed by atoms with E-state index in [4.69, 9.17) is 59.1 Å². The van der Waals surface area contributed by atoms with Crippen LogP contribution in [0.3, 0.4) is 0 Å². The van der Waals surface area contributed by atoms with E-state index in [1.807, 2.05) is 0 Å². The first kappa shape index (κ1) is 95.8. The summed E-state index contributed by atoms with van der Waals surface area (Å²) in [6.07, 6.45) is 24.9. The molecule has 6 aliphatic rings. The van der Waals surface area contributed by atoms with Crippen molar-refractivity contribution in [2.45, 2.75) is 490 Å². The van der Waals surface area contributed by atoms with Crippen molar-refractivity contribution in [3.63, 3.8) is 0 Å². The number of nitrogens with zero attached hydrogens (tertiary/aromatic N) is 15. The normalized spacial score (nSPS) is 23.0. The largest absolute Gasteiger partial charge is 0.463 e. The minimum absolute atomic E-state index is 0.0916. The summed E-state index contributed by atoms with van der Waals surface area (Å²) in [6, 6.07) is 2.00. The summed E-state index contributed by atoms with van der Waals surface area (Å²) in [5.41, 5.74) is -1.37. The standard InChI is InChI=1S/C93H173N21O3/c1-31-37-46-109(66-53-82(7,8)103-83(9,10)54-66)73-94-74(110(47-38-32-2)67-55-84(11,12)104-85(13,14)56-67)98-79(97-73)115-52-44-43-45-72(117-81-101-77(113(50-41-35-5)70-61-90(23,24)107-91(25,26)62-70)96-78(102-81)114(51-42-36-6)71-63-92(27,28)108-93(29,30)64-71)65-116-80-99-75(111(48-39-33-3)68-57-86(15,16)105-87(17,18)58-68)95-76(100-80)112(49-40-34-4)69-59-88(19,20)106-89(21,22)60-69/h66-72,103-108H,31-65H2,1-30H3. The molecule has 24 nitrogen and oxygen atoms in total.